The molecule has 0 unspecified atom stereocenters. The van der Waals surface area contributed by atoms with Crippen molar-refractivity contribution in [1.29, 1.82) is 0 Å². The third-order valence-corrected chi connectivity index (χ3v) is 6.45. The second-order valence-corrected chi connectivity index (χ2v) is 8.86. The van der Waals surface area contributed by atoms with E-state index in [1.54, 1.807) is 29.2 Å². The van der Waals surface area contributed by atoms with E-state index >= 15 is 0 Å². The highest BCUT2D eigenvalue weighted by Gasteiger charge is 2.30. The topological polar surface area (TPSA) is 89.0 Å². The standard InChI is InChI=1S/C20H25N3O5S/c1-15(2)28-18-7-6-16(13-19(18)27-3)20(24)22-9-11-23(12-10-22)29(25,26)17-5-4-8-21-14-17/h4-8,13-15H,9-12H2,1-3H3. The van der Waals surface area contributed by atoms with E-state index in [1.807, 2.05) is 13.8 Å². The molecule has 1 saturated heterocycles. The van der Waals surface area contributed by atoms with Crippen LogP contribution in [0.3, 0.4) is 0 Å². The number of sulfonamides is 1. The Bertz CT molecular complexity index is 955. The molecule has 0 atom stereocenters. The van der Waals surface area contributed by atoms with E-state index in [-0.39, 0.29) is 30.0 Å². The summed E-state index contributed by atoms with van der Waals surface area (Å²) in [6.07, 6.45) is 2.85. The Morgan fingerprint density at radius 2 is 1.83 bits per heavy atom. The number of hydrogen-bond acceptors (Lipinski definition) is 6. The zero-order chi connectivity index (χ0) is 21.0. The van der Waals surface area contributed by atoms with E-state index in [0.717, 1.165) is 0 Å². The minimum atomic E-state index is -3.61. The molecule has 0 saturated carbocycles. The predicted octanol–water partition coefficient (Wildman–Crippen LogP) is 2.02. The van der Waals surface area contributed by atoms with Gasteiger partial charge in [0.05, 0.1) is 13.2 Å². The molecule has 1 aliphatic rings. The summed E-state index contributed by atoms with van der Waals surface area (Å²) in [5, 5.41) is 0. The molecular formula is C20H25N3O5S. The molecule has 0 aliphatic carbocycles. The number of carbonyl (C=O) groups excluding carboxylic acids is 1. The predicted molar refractivity (Wildman–Crippen MR) is 108 cm³/mol. The van der Waals surface area contributed by atoms with Crippen LogP contribution in [0.15, 0.2) is 47.6 Å². The van der Waals surface area contributed by atoms with Gasteiger partial charge in [0.2, 0.25) is 10.0 Å². The van der Waals surface area contributed by atoms with Crippen molar-refractivity contribution in [3.8, 4) is 11.5 Å². The van der Waals surface area contributed by atoms with Crippen molar-refractivity contribution in [3.63, 3.8) is 0 Å². The molecule has 0 N–H and O–H groups in total. The molecule has 8 nitrogen and oxygen atoms in total. The highest BCUT2D eigenvalue weighted by molar-refractivity contribution is 7.89. The number of piperazine rings is 1. The van der Waals surface area contributed by atoms with Gasteiger partial charge in [-0.2, -0.15) is 4.31 Å². The lowest BCUT2D eigenvalue weighted by molar-refractivity contribution is 0.0697. The van der Waals surface area contributed by atoms with Crippen LogP contribution < -0.4 is 9.47 Å². The van der Waals surface area contributed by atoms with Gasteiger partial charge >= 0.3 is 0 Å². The first-order valence-corrected chi connectivity index (χ1v) is 10.8. The Morgan fingerprint density at radius 3 is 2.41 bits per heavy atom. The molecule has 0 radical (unpaired) electrons. The molecule has 2 aromatic rings. The van der Waals surface area contributed by atoms with Gasteiger partial charge in [0.25, 0.3) is 5.91 Å². The largest absolute Gasteiger partial charge is 0.493 e. The van der Waals surface area contributed by atoms with Gasteiger partial charge in [-0.05, 0) is 44.2 Å². The maximum Gasteiger partial charge on any atom is 0.254 e. The molecule has 29 heavy (non-hydrogen) atoms. The number of methoxy groups -OCH3 is 1. The first kappa shape index (κ1) is 21.1. The molecule has 1 amide bonds. The van der Waals surface area contributed by atoms with Crippen molar-refractivity contribution in [3.05, 3.63) is 48.3 Å². The molecule has 3 rings (SSSR count). The summed E-state index contributed by atoms with van der Waals surface area (Å²) >= 11 is 0. The maximum absolute atomic E-state index is 12.9. The lowest BCUT2D eigenvalue weighted by atomic mass is 10.1. The minimum absolute atomic E-state index is 0.0136. The maximum atomic E-state index is 12.9. The van der Waals surface area contributed by atoms with E-state index in [4.69, 9.17) is 9.47 Å². The molecule has 1 aliphatic heterocycles. The van der Waals surface area contributed by atoms with Gasteiger partial charge in [0, 0.05) is 44.1 Å². The summed E-state index contributed by atoms with van der Waals surface area (Å²) in [6, 6.07) is 8.18. The first-order chi connectivity index (χ1) is 13.8. The lowest BCUT2D eigenvalue weighted by Crippen LogP contribution is -2.50. The summed E-state index contributed by atoms with van der Waals surface area (Å²) in [5.74, 6) is 0.895. The Balaban J connectivity index is 1.69. The third-order valence-electron chi connectivity index (χ3n) is 4.57. The van der Waals surface area contributed by atoms with E-state index in [1.165, 1.54) is 29.9 Å². The van der Waals surface area contributed by atoms with Gasteiger partial charge in [0.15, 0.2) is 11.5 Å². The minimum Gasteiger partial charge on any atom is -0.493 e. The van der Waals surface area contributed by atoms with Gasteiger partial charge in [-0.25, -0.2) is 8.42 Å². The molecule has 2 heterocycles. The number of rotatable bonds is 6. The van der Waals surface area contributed by atoms with E-state index in [0.29, 0.717) is 30.2 Å². The van der Waals surface area contributed by atoms with Crippen LogP contribution in [0.5, 0.6) is 11.5 Å². The summed E-state index contributed by atoms with van der Waals surface area (Å²) in [4.78, 5) is 18.6. The van der Waals surface area contributed by atoms with Crippen molar-refractivity contribution in [2.45, 2.75) is 24.8 Å². The van der Waals surface area contributed by atoms with E-state index in [2.05, 4.69) is 4.98 Å². The molecule has 1 fully saturated rings. The van der Waals surface area contributed by atoms with Gasteiger partial charge in [-0.15, -0.1) is 0 Å². The van der Waals surface area contributed by atoms with Crippen LogP contribution in [-0.2, 0) is 10.0 Å². The number of pyridine rings is 1. The van der Waals surface area contributed by atoms with Crippen LogP contribution in [0.1, 0.15) is 24.2 Å². The summed E-state index contributed by atoms with van der Waals surface area (Å²) in [7, 11) is -2.08. The van der Waals surface area contributed by atoms with Crippen molar-refractivity contribution >= 4 is 15.9 Å². The van der Waals surface area contributed by atoms with Gasteiger partial charge < -0.3 is 14.4 Å². The molecule has 9 heteroatoms. The highest BCUT2D eigenvalue weighted by Crippen LogP contribution is 2.29. The van der Waals surface area contributed by atoms with Crippen LogP contribution in [0.2, 0.25) is 0 Å². The fourth-order valence-corrected chi connectivity index (χ4v) is 4.50. The monoisotopic (exact) mass is 419 g/mol. The van der Waals surface area contributed by atoms with Gasteiger partial charge in [0.1, 0.15) is 4.90 Å². The van der Waals surface area contributed by atoms with Crippen LogP contribution in [0, 0.1) is 0 Å². The smallest absolute Gasteiger partial charge is 0.254 e. The SMILES string of the molecule is COc1cc(C(=O)N2CCN(S(=O)(=O)c3cccnc3)CC2)ccc1OC(C)C. The average Bonchev–Trinajstić information content (AvgIpc) is 2.74. The molecule has 156 valence electrons. The fourth-order valence-electron chi connectivity index (χ4n) is 3.11. The molecule has 1 aromatic carbocycles. The van der Waals surface area contributed by atoms with Crippen LogP contribution in [0.4, 0.5) is 0 Å². The average molecular weight is 420 g/mol. The normalized spacial score (nSPS) is 15.4. The second kappa shape index (κ2) is 8.79. The lowest BCUT2D eigenvalue weighted by Gasteiger charge is -2.34. The Morgan fingerprint density at radius 1 is 1.10 bits per heavy atom. The summed E-state index contributed by atoms with van der Waals surface area (Å²) < 4.78 is 37.8. The quantitative estimate of drug-likeness (QED) is 0.712. The molecular weight excluding hydrogens is 394 g/mol. The van der Waals surface area contributed by atoms with Crippen molar-refractivity contribution in [2.24, 2.45) is 0 Å². The molecule has 0 spiro atoms. The Labute approximate surface area is 171 Å². The zero-order valence-corrected chi connectivity index (χ0v) is 17.6. The first-order valence-electron chi connectivity index (χ1n) is 9.37. The highest BCUT2D eigenvalue weighted by atomic mass is 32.2. The third kappa shape index (κ3) is 4.68. The summed E-state index contributed by atoms with van der Waals surface area (Å²) in [5.41, 5.74) is 0.474. The van der Waals surface area contributed by atoms with Crippen LogP contribution in [-0.4, -0.2) is 67.9 Å². The van der Waals surface area contributed by atoms with Crippen molar-refractivity contribution < 1.29 is 22.7 Å². The molecule has 1 aromatic heterocycles. The van der Waals surface area contributed by atoms with Crippen LogP contribution in [0.25, 0.3) is 0 Å². The Hall–Kier alpha value is -2.65. The number of carbonyl (C=O) groups is 1. The van der Waals surface area contributed by atoms with Gasteiger partial charge in [-0.1, -0.05) is 0 Å². The number of ether oxygens (including phenoxy) is 2. The number of benzene rings is 1. The van der Waals surface area contributed by atoms with Crippen molar-refractivity contribution in [2.75, 3.05) is 33.3 Å². The van der Waals surface area contributed by atoms with Gasteiger partial charge in [-0.3, -0.25) is 9.78 Å². The zero-order valence-electron chi connectivity index (χ0n) is 16.7. The van der Waals surface area contributed by atoms with E-state index < -0.39 is 10.0 Å². The summed E-state index contributed by atoms with van der Waals surface area (Å²) in [6.45, 7) is 4.91. The number of hydrogen-bond donors (Lipinski definition) is 0. The fraction of sp³-hybridized carbons (Fsp3) is 0.400. The number of aromatic nitrogens is 1. The Kier molecular flexibility index (Phi) is 6.39. The van der Waals surface area contributed by atoms with Crippen LogP contribution >= 0.6 is 0 Å². The van der Waals surface area contributed by atoms with Crippen molar-refractivity contribution in [1.82, 2.24) is 14.2 Å². The van der Waals surface area contributed by atoms with E-state index in [9.17, 15) is 13.2 Å². The number of amides is 1. The molecule has 0 bridgehead atoms. The second-order valence-electron chi connectivity index (χ2n) is 6.92. The number of nitrogens with zero attached hydrogens (tertiary/aromatic N) is 3.